The molecule has 0 bridgehead atoms. The molecule has 58 heavy (non-hydrogen) atoms. The number of phosphoric acid groups is 1. The lowest BCUT2D eigenvalue weighted by Crippen LogP contribution is -2.29. The molecule has 0 amide bonds. The Morgan fingerprint density at radius 2 is 1.12 bits per heavy atom. The summed E-state index contributed by atoms with van der Waals surface area (Å²) in [5, 5.41) is 0. The van der Waals surface area contributed by atoms with Crippen LogP contribution < -0.4 is 5.73 Å². The summed E-state index contributed by atoms with van der Waals surface area (Å²) in [6.07, 6.45) is 51.8. The minimum Gasteiger partial charge on any atom is -0.462 e. The van der Waals surface area contributed by atoms with Gasteiger partial charge in [0.25, 0.3) is 0 Å². The highest BCUT2D eigenvalue weighted by atomic mass is 31.2. The Balaban J connectivity index is 2.27. The summed E-state index contributed by atoms with van der Waals surface area (Å²) in [4.78, 5) is 34.9. The number of epoxide rings is 1. The second-order valence-electron chi connectivity index (χ2n) is 14.2. The number of phosphoric ester groups is 1. The van der Waals surface area contributed by atoms with E-state index in [9.17, 15) is 19.0 Å². The highest BCUT2D eigenvalue weighted by Crippen LogP contribution is 2.43. The third kappa shape index (κ3) is 34.9. The van der Waals surface area contributed by atoms with E-state index in [1.54, 1.807) is 0 Å². The zero-order chi connectivity index (χ0) is 42.2. The Morgan fingerprint density at radius 1 is 0.621 bits per heavy atom. The number of unbranched alkanes of at least 4 members (excludes halogenated alkanes) is 7. The van der Waals surface area contributed by atoms with E-state index in [-0.39, 0.29) is 44.8 Å². The van der Waals surface area contributed by atoms with Crippen LogP contribution in [0.5, 0.6) is 0 Å². The van der Waals surface area contributed by atoms with Gasteiger partial charge in [0.1, 0.15) is 6.61 Å². The molecule has 4 atom stereocenters. The molecule has 0 radical (unpaired) electrons. The molecule has 3 N–H and O–H groups in total. The molecule has 0 aliphatic carbocycles. The number of nitrogens with two attached hydrogens (primary N) is 1. The maximum Gasteiger partial charge on any atom is 0.472 e. The molecule has 0 aromatic carbocycles. The van der Waals surface area contributed by atoms with Crippen molar-refractivity contribution in [2.45, 2.75) is 161 Å². The fourth-order valence-electron chi connectivity index (χ4n) is 5.52. The molecule has 328 valence electrons. The van der Waals surface area contributed by atoms with Crippen LogP contribution >= 0.6 is 7.82 Å². The van der Waals surface area contributed by atoms with Crippen molar-refractivity contribution in [3.8, 4) is 0 Å². The normalized spacial score (nSPS) is 17.7. The second-order valence-corrected chi connectivity index (χ2v) is 15.7. The number of carbonyl (C=O) groups is 2. The summed E-state index contributed by atoms with van der Waals surface area (Å²) in [6, 6.07) is 0. The maximum atomic E-state index is 12.6. The van der Waals surface area contributed by atoms with E-state index >= 15 is 0 Å². The van der Waals surface area contributed by atoms with Gasteiger partial charge in [0.2, 0.25) is 0 Å². The zero-order valence-corrected chi connectivity index (χ0v) is 36.6. The number of hydrogen-bond donors (Lipinski definition) is 2. The smallest absolute Gasteiger partial charge is 0.462 e. The van der Waals surface area contributed by atoms with Gasteiger partial charge in [-0.3, -0.25) is 18.6 Å². The largest absolute Gasteiger partial charge is 0.472 e. The Morgan fingerprint density at radius 3 is 1.71 bits per heavy atom. The summed E-state index contributed by atoms with van der Waals surface area (Å²) in [5.41, 5.74) is 5.34. The predicted octanol–water partition coefficient (Wildman–Crippen LogP) is 11.6. The van der Waals surface area contributed by atoms with Crippen LogP contribution in [0.3, 0.4) is 0 Å². The summed E-state index contributed by atoms with van der Waals surface area (Å²) < 4.78 is 38.5. The molecule has 3 unspecified atom stereocenters. The van der Waals surface area contributed by atoms with Gasteiger partial charge in [-0.05, 0) is 96.3 Å². The van der Waals surface area contributed by atoms with Crippen LogP contribution in [-0.2, 0) is 37.4 Å². The summed E-state index contributed by atoms with van der Waals surface area (Å²) in [5.74, 6) is -0.951. The highest BCUT2D eigenvalue weighted by Gasteiger charge is 2.36. The van der Waals surface area contributed by atoms with E-state index in [1.807, 2.05) is 6.08 Å². The summed E-state index contributed by atoms with van der Waals surface area (Å²) in [7, 11) is -4.41. The second kappa shape index (κ2) is 38.1. The number of rotatable bonds is 38. The lowest BCUT2D eigenvalue weighted by Gasteiger charge is -2.19. The van der Waals surface area contributed by atoms with Crippen LogP contribution in [0.2, 0.25) is 0 Å². The van der Waals surface area contributed by atoms with E-state index in [2.05, 4.69) is 105 Å². The van der Waals surface area contributed by atoms with Crippen LogP contribution in [-0.4, -0.2) is 61.5 Å². The first-order valence-electron chi connectivity index (χ1n) is 21.8. The van der Waals surface area contributed by atoms with Crippen molar-refractivity contribution in [2.75, 3.05) is 26.4 Å². The number of esters is 2. The molecule has 1 aliphatic rings. The molecule has 0 aromatic rings. The van der Waals surface area contributed by atoms with Crippen LogP contribution in [0.25, 0.3) is 0 Å². The zero-order valence-electron chi connectivity index (χ0n) is 35.7. The van der Waals surface area contributed by atoms with Gasteiger partial charge in [0, 0.05) is 19.4 Å². The molecular formula is C47H76NO9P. The average molecular weight is 830 g/mol. The van der Waals surface area contributed by atoms with Gasteiger partial charge >= 0.3 is 19.8 Å². The minimum absolute atomic E-state index is 0.0320. The molecule has 0 saturated carbocycles. The van der Waals surface area contributed by atoms with Crippen molar-refractivity contribution in [3.63, 3.8) is 0 Å². The molecule has 1 fully saturated rings. The molecule has 10 nitrogen and oxygen atoms in total. The Kier molecular flexibility index (Phi) is 34.8. The molecule has 1 heterocycles. The van der Waals surface area contributed by atoms with Crippen molar-refractivity contribution in [2.24, 2.45) is 5.73 Å². The topological polar surface area (TPSA) is 147 Å². The molecule has 1 rings (SSSR count). The lowest BCUT2D eigenvalue weighted by molar-refractivity contribution is -0.161. The van der Waals surface area contributed by atoms with Crippen molar-refractivity contribution in [1.29, 1.82) is 0 Å². The van der Waals surface area contributed by atoms with E-state index < -0.39 is 32.5 Å². The third-order valence-electron chi connectivity index (χ3n) is 8.86. The lowest BCUT2D eigenvalue weighted by atomic mass is 10.1. The van der Waals surface area contributed by atoms with Gasteiger partial charge in [-0.2, -0.15) is 0 Å². The van der Waals surface area contributed by atoms with Gasteiger partial charge in [0.05, 0.1) is 25.4 Å². The first-order chi connectivity index (χ1) is 28.3. The molecule has 0 spiro atoms. The van der Waals surface area contributed by atoms with Crippen LogP contribution in [0, 0.1) is 0 Å². The molecule has 1 aliphatic heterocycles. The van der Waals surface area contributed by atoms with E-state index in [4.69, 9.17) is 29.0 Å². The highest BCUT2D eigenvalue weighted by molar-refractivity contribution is 7.47. The Bertz CT molecular complexity index is 1330. The number of ether oxygens (including phenoxy) is 3. The van der Waals surface area contributed by atoms with E-state index in [0.717, 1.165) is 77.0 Å². The van der Waals surface area contributed by atoms with E-state index in [1.165, 1.54) is 19.3 Å². The van der Waals surface area contributed by atoms with E-state index in [0.29, 0.717) is 19.3 Å². The maximum absolute atomic E-state index is 12.6. The van der Waals surface area contributed by atoms with Gasteiger partial charge in [0.15, 0.2) is 6.10 Å². The van der Waals surface area contributed by atoms with Gasteiger partial charge < -0.3 is 24.8 Å². The third-order valence-corrected chi connectivity index (χ3v) is 9.84. The summed E-state index contributed by atoms with van der Waals surface area (Å²) in [6.45, 7) is 3.44. The Labute approximate surface area is 351 Å². The molecule has 0 aromatic heterocycles. The molecular weight excluding hydrogens is 753 g/mol. The van der Waals surface area contributed by atoms with Crippen molar-refractivity contribution < 1.29 is 42.3 Å². The van der Waals surface area contributed by atoms with Gasteiger partial charge in [-0.25, -0.2) is 4.57 Å². The van der Waals surface area contributed by atoms with Crippen LogP contribution in [0.15, 0.2) is 97.2 Å². The SMILES string of the molecule is CC/C=C\C/C=C\C/C=C\C/C=C\C/C=C\CCCCCC(=O)O[C@H](COC(=O)CCC/C=C\CC1OC1C/C=C\C/C=C\CCCCC)COP(=O)(O)OCCN. The predicted molar refractivity (Wildman–Crippen MR) is 237 cm³/mol. The first kappa shape index (κ1) is 52.9. The standard InChI is InChI=1S/C47H76NO9P/c1-3-5-7-9-11-13-14-15-16-17-18-19-20-21-22-24-26-28-34-38-47(50)56-43(42-55-58(51,52)54-40-39-48)41-53-46(49)37-33-30-29-32-36-45-44(57-45)35-31-27-25-23-12-10-8-6-4-2/h5,7,11-13,15-16,18-19,21-23,27,29,31-32,43-45H,3-4,6,8-10,14,17,20,24-26,28,30,33-42,48H2,1-2H3,(H,51,52)/b7-5-,13-11-,16-15-,19-18-,22-21-,23-12-,31-27-,32-29-/t43-,44?,45?/m1/s1. The Hall–Kier alpha value is -3.11. The van der Waals surface area contributed by atoms with Crippen LogP contribution in [0.1, 0.15) is 142 Å². The first-order valence-corrected chi connectivity index (χ1v) is 23.3. The summed E-state index contributed by atoms with van der Waals surface area (Å²) >= 11 is 0. The number of hydrogen-bond acceptors (Lipinski definition) is 9. The van der Waals surface area contributed by atoms with Crippen molar-refractivity contribution in [1.82, 2.24) is 0 Å². The van der Waals surface area contributed by atoms with Crippen molar-refractivity contribution in [3.05, 3.63) is 97.2 Å². The molecule has 1 saturated heterocycles. The number of allylic oxidation sites excluding steroid dienone is 14. The quantitative estimate of drug-likeness (QED) is 0.0203. The van der Waals surface area contributed by atoms with Gasteiger partial charge in [-0.1, -0.05) is 130 Å². The van der Waals surface area contributed by atoms with Crippen LogP contribution in [0.4, 0.5) is 0 Å². The fraction of sp³-hybridized carbons (Fsp3) is 0.617. The number of carbonyl (C=O) groups excluding carboxylic acids is 2. The fourth-order valence-corrected chi connectivity index (χ4v) is 6.28. The van der Waals surface area contributed by atoms with Crippen molar-refractivity contribution >= 4 is 19.8 Å². The monoisotopic (exact) mass is 830 g/mol. The average Bonchev–Trinajstić information content (AvgIpc) is 3.97. The minimum atomic E-state index is -4.41. The van der Waals surface area contributed by atoms with Gasteiger partial charge in [-0.15, -0.1) is 0 Å². The molecule has 11 heteroatoms.